The van der Waals surface area contributed by atoms with Gasteiger partial charge in [0, 0.05) is 0 Å². The van der Waals surface area contributed by atoms with Crippen LogP contribution >= 0.6 is 11.6 Å². The standard InChI is InChI=1S/C7H10ClN7/c1-3(8)15-6-4(2-11-15)5(14-10)12-7(9)13-6/h2-3H,10H2,1H3,(H3,9,12,13,14). The average molecular weight is 228 g/mol. The number of alkyl halides is 1. The molecule has 0 aliphatic rings. The van der Waals surface area contributed by atoms with Crippen molar-refractivity contribution < 1.29 is 0 Å². The van der Waals surface area contributed by atoms with Crippen LogP contribution in [0.1, 0.15) is 12.4 Å². The van der Waals surface area contributed by atoms with E-state index in [4.69, 9.17) is 23.2 Å². The number of nitrogens with one attached hydrogen (secondary N) is 1. The Morgan fingerprint density at radius 3 is 2.87 bits per heavy atom. The van der Waals surface area contributed by atoms with Gasteiger partial charge in [-0.15, -0.1) is 0 Å². The van der Waals surface area contributed by atoms with Crippen molar-refractivity contribution >= 4 is 34.4 Å². The number of anilines is 2. The summed E-state index contributed by atoms with van der Waals surface area (Å²) in [4.78, 5) is 7.98. The highest BCUT2D eigenvalue weighted by atomic mass is 35.5. The maximum Gasteiger partial charge on any atom is 0.224 e. The molecule has 0 fully saturated rings. The van der Waals surface area contributed by atoms with Crippen LogP contribution in [0.15, 0.2) is 6.20 Å². The van der Waals surface area contributed by atoms with E-state index >= 15 is 0 Å². The van der Waals surface area contributed by atoms with Gasteiger partial charge in [-0.25, -0.2) is 10.5 Å². The second kappa shape index (κ2) is 3.52. The molecule has 0 saturated heterocycles. The molecule has 1 atom stereocenters. The topological polar surface area (TPSA) is 108 Å². The van der Waals surface area contributed by atoms with Gasteiger partial charge in [-0.3, -0.25) is 0 Å². The average Bonchev–Trinajstić information content (AvgIpc) is 2.59. The first kappa shape index (κ1) is 9.94. The summed E-state index contributed by atoms with van der Waals surface area (Å²) >= 11 is 5.92. The lowest BCUT2D eigenvalue weighted by Crippen LogP contribution is -2.11. The Balaban J connectivity index is 2.75. The number of fused-ring (bicyclic) bond motifs is 1. The van der Waals surface area contributed by atoms with E-state index in [0.29, 0.717) is 16.9 Å². The zero-order valence-corrected chi connectivity index (χ0v) is 8.73. The fraction of sp³-hybridized carbons (Fsp3) is 0.286. The first-order chi connectivity index (χ1) is 7.13. The van der Waals surface area contributed by atoms with Gasteiger partial charge in [0.05, 0.1) is 11.6 Å². The minimum Gasteiger partial charge on any atom is -0.368 e. The fourth-order valence-corrected chi connectivity index (χ4v) is 1.46. The summed E-state index contributed by atoms with van der Waals surface area (Å²) in [5, 5.41) is 4.76. The number of aromatic nitrogens is 4. The van der Waals surface area contributed by atoms with Gasteiger partial charge in [0.25, 0.3) is 0 Å². The highest BCUT2D eigenvalue weighted by Gasteiger charge is 2.13. The second-order valence-electron chi connectivity index (χ2n) is 2.98. The third-order valence-electron chi connectivity index (χ3n) is 1.94. The van der Waals surface area contributed by atoms with E-state index in [1.54, 1.807) is 13.1 Å². The molecule has 0 bridgehead atoms. The third kappa shape index (κ3) is 1.55. The molecule has 0 aromatic carbocycles. The Labute approximate surface area is 90.4 Å². The maximum absolute atomic E-state index is 5.92. The van der Waals surface area contributed by atoms with E-state index in [1.807, 2.05) is 0 Å². The molecule has 2 rings (SSSR count). The molecule has 15 heavy (non-hydrogen) atoms. The highest BCUT2D eigenvalue weighted by Crippen LogP contribution is 2.23. The predicted octanol–water partition coefficient (Wildman–Crippen LogP) is 0.451. The zero-order valence-electron chi connectivity index (χ0n) is 7.98. The number of nitrogens with two attached hydrogens (primary N) is 2. The minimum atomic E-state index is -0.317. The first-order valence-corrected chi connectivity index (χ1v) is 4.68. The molecule has 5 N–H and O–H groups in total. The normalized spacial score (nSPS) is 13.0. The van der Waals surface area contributed by atoms with E-state index in [1.165, 1.54) is 4.68 Å². The van der Waals surface area contributed by atoms with Crippen LogP contribution in [-0.2, 0) is 0 Å². The molecule has 0 amide bonds. The van der Waals surface area contributed by atoms with Gasteiger partial charge in [0.2, 0.25) is 5.95 Å². The Morgan fingerprint density at radius 2 is 2.27 bits per heavy atom. The van der Waals surface area contributed by atoms with E-state index < -0.39 is 0 Å². The Morgan fingerprint density at radius 1 is 1.53 bits per heavy atom. The zero-order chi connectivity index (χ0) is 11.0. The number of rotatable bonds is 2. The Kier molecular flexibility index (Phi) is 2.33. The van der Waals surface area contributed by atoms with Gasteiger partial charge in [-0.05, 0) is 6.92 Å². The molecule has 2 aromatic rings. The van der Waals surface area contributed by atoms with Crippen molar-refractivity contribution in [2.45, 2.75) is 12.4 Å². The number of nitrogen functional groups attached to an aromatic ring is 2. The van der Waals surface area contributed by atoms with Gasteiger partial charge in [0.15, 0.2) is 11.5 Å². The molecule has 2 heterocycles. The predicted molar refractivity (Wildman–Crippen MR) is 58.1 cm³/mol. The summed E-state index contributed by atoms with van der Waals surface area (Å²) in [6.07, 6.45) is 1.59. The van der Waals surface area contributed by atoms with Crippen molar-refractivity contribution in [1.29, 1.82) is 0 Å². The molecule has 7 nitrogen and oxygen atoms in total. The molecule has 80 valence electrons. The van der Waals surface area contributed by atoms with Crippen LogP contribution in [0.3, 0.4) is 0 Å². The van der Waals surface area contributed by atoms with E-state index in [2.05, 4.69) is 20.5 Å². The van der Waals surface area contributed by atoms with Crippen molar-refractivity contribution in [2.24, 2.45) is 5.84 Å². The Hall–Kier alpha value is -1.60. The van der Waals surface area contributed by atoms with Crippen molar-refractivity contribution in [3.8, 4) is 0 Å². The minimum absolute atomic E-state index is 0.120. The van der Waals surface area contributed by atoms with Crippen molar-refractivity contribution in [3.63, 3.8) is 0 Å². The van der Waals surface area contributed by atoms with E-state index in [-0.39, 0.29) is 11.4 Å². The summed E-state index contributed by atoms with van der Waals surface area (Å²) in [7, 11) is 0. The van der Waals surface area contributed by atoms with Crippen LogP contribution in [0.5, 0.6) is 0 Å². The number of hydrazine groups is 1. The summed E-state index contributed by atoms with van der Waals surface area (Å²) in [5.41, 5.74) is 8.20. The van der Waals surface area contributed by atoms with Crippen LogP contribution in [-0.4, -0.2) is 19.7 Å². The van der Waals surface area contributed by atoms with E-state index in [0.717, 1.165) is 0 Å². The van der Waals surface area contributed by atoms with Crippen LogP contribution < -0.4 is 17.0 Å². The molecular weight excluding hydrogens is 218 g/mol. The number of hydrogen-bond donors (Lipinski definition) is 3. The lowest BCUT2D eigenvalue weighted by atomic mass is 10.4. The second-order valence-corrected chi connectivity index (χ2v) is 3.61. The van der Waals surface area contributed by atoms with Crippen molar-refractivity contribution in [1.82, 2.24) is 19.7 Å². The lowest BCUT2D eigenvalue weighted by Gasteiger charge is -2.05. The van der Waals surface area contributed by atoms with Crippen LogP contribution in [0, 0.1) is 0 Å². The highest BCUT2D eigenvalue weighted by molar-refractivity contribution is 6.19. The summed E-state index contributed by atoms with van der Waals surface area (Å²) in [6.45, 7) is 1.78. The maximum atomic E-state index is 5.92. The largest absolute Gasteiger partial charge is 0.368 e. The first-order valence-electron chi connectivity index (χ1n) is 4.25. The molecule has 0 aliphatic heterocycles. The van der Waals surface area contributed by atoms with Crippen LogP contribution in [0.25, 0.3) is 11.0 Å². The quantitative estimate of drug-likeness (QED) is 0.391. The van der Waals surface area contributed by atoms with Gasteiger partial charge < -0.3 is 11.2 Å². The van der Waals surface area contributed by atoms with Gasteiger partial charge in [0.1, 0.15) is 5.50 Å². The van der Waals surface area contributed by atoms with Crippen LogP contribution in [0.4, 0.5) is 11.8 Å². The van der Waals surface area contributed by atoms with Gasteiger partial charge in [-0.1, -0.05) is 11.6 Å². The molecule has 0 radical (unpaired) electrons. The van der Waals surface area contributed by atoms with Gasteiger partial charge in [-0.2, -0.15) is 15.1 Å². The molecular formula is C7H10ClN7. The molecule has 2 aromatic heterocycles. The number of hydrogen-bond acceptors (Lipinski definition) is 6. The molecule has 1 unspecified atom stereocenters. The summed E-state index contributed by atoms with van der Waals surface area (Å²) in [5.74, 6) is 5.86. The van der Waals surface area contributed by atoms with Crippen LogP contribution in [0.2, 0.25) is 0 Å². The molecule has 0 aliphatic carbocycles. The van der Waals surface area contributed by atoms with Crippen molar-refractivity contribution in [3.05, 3.63) is 6.20 Å². The summed E-state index contributed by atoms with van der Waals surface area (Å²) in [6, 6.07) is 0. The number of halogens is 1. The molecule has 8 heteroatoms. The Bertz CT molecular complexity index is 491. The number of nitrogens with zero attached hydrogens (tertiary/aromatic N) is 4. The fourth-order valence-electron chi connectivity index (χ4n) is 1.31. The van der Waals surface area contributed by atoms with E-state index in [9.17, 15) is 0 Å². The smallest absolute Gasteiger partial charge is 0.224 e. The molecule has 0 spiro atoms. The SMILES string of the molecule is CC(Cl)n1ncc2c(NN)nc(N)nc21. The lowest BCUT2D eigenvalue weighted by molar-refractivity contribution is 0.650. The monoisotopic (exact) mass is 227 g/mol. The molecule has 0 saturated carbocycles. The summed E-state index contributed by atoms with van der Waals surface area (Å²) < 4.78 is 1.54. The van der Waals surface area contributed by atoms with Gasteiger partial charge >= 0.3 is 0 Å². The van der Waals surface area contributed by atoms with Crippen molar-refractivity contribution in [2.75, 3.05) is 11.2 Å². The third-order valence-corrected chi connectivity index (χ3v) is 2.13.